The van der Waals surface area contributed by atoms with Gasteiger partial charge in [-0.1, -0.05) is 18.2 Å². The van der Waals surface area contributed by atoms with E-state index in [-0.39, 0.29) is 0 Å². The normalized spacial score (nSPS) is 14.2. The molecule has 0 bridgehead atoms. The van der Waals surface area contributed by atoms with Gasteiger partial charge in [-0.15, -0.1) is 6.58 Å². The van der Waals surface area contributed by atoms with E-state index in [1.54, 1.807) is 7.11 Å². The summed E-state index contributed by atoms with van der Waals surface area (Å²) in [5.74, 6) is 1.69. The van der Waals surface area contributed by atoms with Crippen molar-refractivity contribution in [2.45, 2.75) is 38.3 Å². The van der Waals surface area contributed by atoms with Crippen molar-refractivity contribution in [2.24, 2.45) is 0 Å². The molecule has 0 aromatic heterocycles. The molecule has 0 amide bonds. The molecular weight excluding hydrogens is 238 g/mol. The Labute approximate surface area is 115 Å². The van der Waals surface area contributed by atoms with E-state index >= 15 is 0 Å². The molecule has 1 aliphatic carbocycles. The minimum atomic E-state index is 0.694. The van der Waals surface area contributed by atoms with Crippen molar-refractivity contribution in [1.29, 1.82) is 0 Å². The Kier molecular flexibility index (Phi) is 5.28. The molecule has 0 saturated heterocycles. The maximum absolute atomic E-state index is 5.90. The second-order valence-electron chi connectivity index (χ2n) is 4.88. The first-order valence-electron chi connectivity index (χ1n) is 6.98. The van der Waals surface area contributed by atoms with Crippen LogP contribution in [0.25, 0.3) is 0 Å². The van der Waals surface area contributed by atoms with Crippen molar-refractivity contribution < 1.29 is 9.47 Å². The van der Waals surface area contributed by atoms with Gasteiger partial charge in [-0.25, -0.2) is 0 Å². The molecule has 1 aromatic carbocycles. The van der Waals surface area contributed by atoms with E-state index in [0.717, 1.165) is 30.9 Å². The number of rotatable bonds is 9. The fourth-order valence-corrected chi connectivity index (χ4v) is 1.97. The van der Waals surface area contributed by atoms with E-state index in [1.165, 1.54) is 18.4 Å². The maximum Gasteiger partial charge on any atom is 0.165 e. The number of hydrogen-bond acceptors (Lipinski definition) is 3. The van der Waals surface area contributed by atoms with Gasteiger partial charge in [0.1, 0.15) is 0 Å². The molecule has 1 fully saturated rings. The lowest BCUT2D eigenvalue weighted by Crippen LogP contribution is -2.16. The van der Waals surface area contributed by atoms with Crippen molar-refractivity contribution in [3.63, 3.8) is 0 Å². The average molecular weight is 261 g/mol. The quantitative estimate of drug-likeness (QED) is 0.546. The molecule has 104 valence electrons. The number of hydrogen-bond donors (Lipinski definition) is 1. The number of methoxy groups -OCH3 is 1. The minimum absolute atomic E-state index is 0.694. The highest BCUT2D eigenvalue weighted by Crippen LogP contribution is 2.32. The van der Waals surface area contributed by atoms with Gasteiger partial charge in [0.2, 0.25) is 0 Å². The van der Waals surface area contributed by atoms with E-state index in [4.69, 9.17) is 9.47 Å². The SMILES string of the molecule is C=CCCCOc1c(CNC2CC2)cccc1OC. The first kappa shape index (κ1) is 13.9. The van der Waals surface area contributed by atoms with E-state index < -0.39 is 0 Å². The van der Waals surface area contributed by atoms with E-state index in [2.05, 4.69) is 18.0 Å². The second kappa shape index (κ2) is 7.19. The lowest BCUT2D eigenvalue weighted by Gasteiger charge is -2.15. The van der Waals surface area contributed by atoms with Crippen LogP contribution in [0, 0.1) is 0 Å². The van der Waals surface area contributed by atoms with Gasteiger partial charge in [0.25, 0.3) is 0 Å². The molecule has 1 saturated carbocycles. The van der Waals surface area contributed by atoms with Gasteiger partial charge in [-0.3, -0.25) is 0 Å². The van der Waals surface area contributed by atoms with Crippen molar-refractivity contribution >= 4 is 0 Å². The minimum Gasteiger partial charge on any atom is -0.493 e. The molecule has 0 radical (unpaired) electrons. The Morgan fingerprint density at radius 2 is 2.26 bits per heavy atom. The summed E-state index contributed by atoms with van der Waals surface area (Å²) in [6, 6.07) is 6.75. The van der Waals surface area contributed by atoms with Crippen molar-refractivity contribution in [3.05, 3.63) is 36.4 Å². The number of ether oxygens (including phenoxy) is 2. The summed E-state index contributed by atoms with van der Waals surface area (Å²) in [4.78, 5) is 0. The molecular formula is C16H23NO2. The first-order valence-corrected chi connectivity index (χ1v) is 6.98. The fourth-order valence-electron chi connectivity index (χ4n) is 1.97. The zero-order valence-electron chi connectivity index (χ0n) is 11.7. The average Bonchev–Trinajstić information content (AvgIpc) is 3.26. The smallest absolute Gasteiger partial charge is 0.165 e. The number of unbranched alkanes of at least 4 members (excludes halogenated alkanes) is 1. The third kappa shape index (κ3) is 4.28. The molecule has 19 heavy (non-hydrogen) atoms. The predicted octanol–water partition coefficient (Wildman–Crippen LogP) is 3.29. The van der Waals surface area contributed by atoms with Crippen LogP contribution < -0.4 is 14.8 Å². The molecule has 0 spiro atoms. The summed E-state index contributed by atoms with van der Waals surface area (Å²) < 4.78 is 11.3. The van der Waals surface area contributed by atoms with Gasteiger partial charge in [0.15, 0.2) is 11.5 Å². The number of nitrogens with one attached hydrogen (secondary N) is 1. The summed E-state index contributed by atoms with van der Waals surface area (Å²) in [5, 5.41) is 3.51. The van der Waals surface area contributed by atoms with Crippen LogP contribution in [0.4, 0.5) is 0 Å². The first-order chi connectivity index (χ1) is 9.35. The number of para-hydroxylation sites is 1. The summed E-state index contributed by atoms with van der Waals surface area (Å²) in [5.41, 5.74) is 1.17. The van der Waals surface area contributed by atoms with Gasteiger partial charge in [-0.2, -0.15) is 0 Å². The van der Waals surface area contributed by atoms with Crippen LogP contribution in [0.2, 0.25) is 0 Å². The zero-order valence-corrected chi connectivity index (χ0v) is 11.7. The molecule has 1 N–H and O–H groups in total. The van der Waals surface area contributed by atoms with Gasteiger partial charge in [0.05, 0.1) is 13.7 Å². The van der Waals surface area contributed by atoms with E-state index in [1.807, 2.05) is 18.2 Å². The molecule has 1 aromatic rings. The summed E-state index contributed by atoms with van der Waals surface area (Å²) >= 11 is 0. The lowest BCUT2D eigenvalue weighted by atomic mass is 10.2. The summed E-state index contributed by atoms with van der Waals surface area (Å²) in [6.07, 6.45) is 6.46. The van der Waals surface area contributed by atoms with Crippen LogP contribution >= 0.6 is 0 Å². The van der Waals surface area contributed by atoms with Crippen molar-refractivity contribution in [3.8, 4) is 11.5 Å². The Morgan fingerprint density at radius 3 is 2.95 bits per heavy atom. The van der Waals surface area contributed by atoms with E-state index in [9.17, 15) is 0 Å². The van der Waals surface area contributed by atoms with Gasteiger partial charge < -0.3 is 14.8 Å². The zero-order chi connectivity index (χ0) is 13.5. The molecule has 2 rings (SSSR count). The second-order valence-corrected chi connectivity index (χ2v) is 4.88. The fraction of sp³-hybridized carbons (Fsp3) is 0.500. The largest absolute Gasteiger partial charge is 0.493 e. The highest BCUT2D eigenvalue weighted by molar-refractivity contribution is 5.46. The molecule has 0 atom stereocenters. The molecule has 3 nitrogen and oxygen atoms in total. The number of benzene rings is 1. The standard InChI is InChI=1S/C16H23NO2/c1-3-4-5-11-19-16-13(12-17-14-9-10-14)7-6-8-15(16)18-2/h3,6-8,14,17H,1,4-5,9-12H2,2H3. The Morgan fingerprint density at radius 1 is 1.42 bits per heavy atom. The number of allylic oxidation sites excluding steroid dienone is 1. The molecule has 1 aliphatic rings. The van der Waals surface area contributed by atoms with Gasteiger partial charge in [-0.05, 0) is 31.7 Å². The van der Waals surface area contributed by atoms with Crippen LogP contribution in [0.5, 0.6) is 11.5 Å². The van der Waals surface area contributed by atoms with Crippen LogP contribution in [0.15, 0.2) is 30.9 Å². The molecule has 0 unspecified atom stereocenters. The van der Waals surface area contributed by atoms with Crippen LogP contribution in [0.3, 0.4) is 0 Å². The van der Waals surface area contributed by atoms with Crippen molar-refractivity contribution in [1.82, 2.24) is 5.32 Å². The highest BCUT2D eigenvalue weighted by atomic mass is 16.5. The highest BCUT2D eigenvalue weighted by Gasteiger charge is 2.21. The van der Waals surface area contributed by atoms with Gasteiger partial charge >= 0.3 is 0 Å². The lowest BCUT2D eigenvalue weighted by molar-refractivity contribution is 0.286. The topological polar surface area (TPSA) is 30.5 Å². The Hall–Kier alpha value is -1.48. The van der Waals surface area contributed by atoms with Gasteiger partial charge in [0, 0.05) is 18.2 Å². The summed E-state index contributed by atoms with van der Waals surface area (Å²) in [6.45, 7) is 5.27. The third-order valence-corrected chi connectivity index (χ3v) is 3.24. The molecule has 3 heteroatoms. The monoisotopic (exact) mass is 261 g/mol. The summed E-state index contributed by atoms with van der Waals surface area (Å²) in [7, 11) is 1.68. The molecule has 0 aliphatic heterocycles. The van der Waals surface area contributed by atoms with Crippen molar-refractivity contribution in [2.75, 3.05) is 13.7 Å². The molecule has 0 heterocycles. The van der Waals surface area contributed by atoms with Crippen LogP contribution in [-0.4, -0.2) is 19.8 Å². The third-order valence-electron chi connectivity index (χ3n) is 3.24. The van der Waals surface area contributed by atoms with Crippen LogP contribution in [0.1, 0.15) is 31.2 Å². The Balaban J connectivity index is 1.99. The van der Waals surface area contributed by atoms with Crippen LogP contribution in [-0.2, 0) is 6.54 Å². The maximum atomic E-state index is 5.90. The Bertz CT molecular complexity index is 413. The van der Waals surface area contributed by atoms with E-state index in [0.29, 0.717) is 12.6 Å². The predicted molar refractivity (Wildman–Crippen MR) is 77.8 cm³/mol.